The lowest BCUT2D eigenvalue weighted by atomic mass is 10.0. The molecular formula is C21H32N4O5. The van der Waals surface area contributed by atoms with E-state index in [1.807, 2.05) is 13.8 Å². The molecule has 0 aliphatic carbocycles. The highest BCUT2D eigenvalue weighted by atomic mass is 16.7. The molecule has 9 nitrogen and oxygen atoms in total. The summed E-state index contributed by atoms with van der Waals surface area (Å²) in [5.74, 6) is -1.29. The van der Waals surface area contributed by atoms with Crippen LogP contribution >= 0.6 is 0 Å². The third-order valence-corrected chi connectivity index (χ3v) is 5.71. The summed E-state index contributed by atoms with van der Waals surface area (Å²) >= 11 is 0. The number of hydrogen-bond donors (Lipinski definition) is 5. The Hall–Kier alpha value is -2.20. The molecule has 3 atom stereocenters. The van der Waals surface area contributed by atoms with Crippen molar-refractivity contribution < 1.29 is 24.2 Å². The second kappa shape index (κ2) is 9.74. The minimum atomic E-state index is -0.789. The molecule has 0 radical (unpaired) electrons. The quantitative estimate of drug-likeness (QED) is 0.382. The molecular weight excluding hydrogens is 388 g/mol. The molecule has 1 unspecified atom stereocenters. The van der Waals surface area contributed by atoms with E-state index in [1.54, 1.807) is 24.3 Å². The lowest BCUT2D eigenvalue weighted by Gasteiger charge is -2.29. The van der Waals surface area contributed by atoms with Gasteiger partial charge in [0.05, 0.1) is 25.8 Å². The van der Waals surface area contributed by atoms with Crippen LogP contribution in [0.5, 0.6) is 5.75 Å². The minimum Gasteiger partial charge on any atom is -0.508 e. The zero-order valence-corrected chi connectivity index (χ0v) is 17.5. The van der Waals surface area contributed by atoms with Crippen LogP contribution in [0, 0.1) is 11.8 Å². The maximum Gasteiger partial charge on any atom is 0.242 e. The molecule has 166 valence electrons. The van der Waals surface area contributed by atoms with Crippen LogP contribution in [-0.2, 0) is 25.5 Å². The number of phenols is 1. The number of phenolic OH excluding ortho intramolecular Hbond substituents is 1. The molecule has 1 aromatic carbocycles. The highest BCUT2D eigenvalue weighted by molar-refractivity contribution is 5.90. The van der Waals surface area contributed by atoms with E-state index in [9.17, 15) is 14.7 Å². The molecule has 30 heavy (non-hydrogen) atoms. The van der Waals surface area contributed by atoms with Crippen LogP contribution in [0.25, 0.3) is 0 Å². The van der Waals surface area contributed by atoms with Crippen LogP contribution in [-0.4, -0.2) is 67.6 Å². The summed E-state index contributed by atoms with van der Waals surface area (Å²) in [6, 6.07) is 5.05. The molecule has 0 bridgehead atoms. The van der Waals surface area contributed by atoms with E-state index < -0.39 is 17.9 Å². The van der Waals surface area contributed by atoms with Crippen LogP contribution in [0.3, 0.4) is 0 Å². The van der Waals surface area contributed by atoms with Crippen LogP contribution < -0.4 is 21.7 Å². The lowest BCUT2D eigenvalue weighted by molar-refractivity contribution is -0.169. The summed E-state index contributed by atoms with van der Waals surface area (Å²) in [5, 5.41) is 18.5. The standard InChI is InChI=1S/C21H32N4O5/c1-13(2)18(22)20(28)25-17(9-14-3-5-16(26)6-4-14)19(27)24-11-15-10-23-12-21(15)29-7-8-30-21/h3-6,13,15,17-18,23,26H,7-12,22H2,1-2H3,(H,24,27)(H,25,28)/t15?,17-,18-/m0/s1. The van der Waals surface area contributed by atoms with Crippen molar-refractivity contribution in [3.8, 4) is 5.75 Å². The van der Waals surface area contributed by atoms with Crippen molar-refractivity contribution in [1.82, 2.24) is 16.0 Å². The first kappa shape index (κ1) is 22.5. The topological polar surface area (TPSA) is 135 Å². The number of nitrogens with two attached hydrogens (primary N) is 1. The fourth-order valence-electron chi connectivity index (χ4n) is 3.75. The number of amides is 2. The first-order chi connectivity index (χ1) is 14.3. The number of nitrogens with one attached hydrogen (secondary N) is 3. The molecule has 2 aliphatic heterocycles. The molecule has 9 heteroatoms. The van der Waals surface area contributed by atoms with Crippen molar-refractivity contribution in [2.24, 2.45) is 17.6 Å². The van der Waals surface area contributed by atoms with Crippen LogP contribution in [0.2, 0.25) is 0 Å². The molecule has 0 saturated carbocycles. The van der Waals surface area contributed by atoms with Crippen LogP contribution in [0.4, 0.5) is 0 Å². The summed E-state index contributed by atoms with van der Waals surface area (Å²) in [5.41, 5.74) is 6.77. The lowest BCUT2D eigenvalue weighted by Crippen LogP contribution is -2.55. The molecule has 2 saturated heterocycles. The fraction of sp³-hybridized carbons (Fsp3) is 0.619. The van der Waals surface area contributed by atoms with Crippen molar-refractivity contribution in [3.63, 3.8) is 0 Å². The predicted molar refractivity (Wildman–Crippen MR) is 111 cm³/mol. The van der Waals surface area contributed by atoms with Gasteiger partial charge in [0.1, 0.15) is 11.8 Å². The molecule has 1 spiro atoms. The zero-order chi connectivity index (χ0) is 21.7. The number of rotatable bonds is 8. The Morgan fingerprint density at radius 2 is 1.90 bits per heavy atom. The Balaban J connectivity index is 1.65. The molecule has 2 heterocycles. The van der Waals surface area contributed by atoms with Crippen molar-refractivity contribution in [1.29, 1.82) is 0 Å². The van der Waals surface area contributed by atoms with E-state index >= 15 is 0 Å². The van der Waals surface area contributed by atoms with Crippen molar-refractivity contribution in [3.05, 3.63) is 29.8 Å². The van der Waals surface area contributed by atoms with E-state index in [1.165, 1.54) is 0 Å². The van der Waals surface area contributed by atoms with Gasteiger partial charge in [0, 0.05) is 25.4 Å². The summed E-state index contributed by atoms with van der Waals surface area (Å²) in [4.78, 5) is 25.5. The van der Waals surface area contributed by atoms with E-state index in [2.05, 4.69) is 16.0 Å². The second-order valence-corrected chi connectivity index (χ2v) is 8.28. The minimum absolute atomic E-state index is 0.0214. The highest BCUT2D eigenvalue weighted by Crippen LogP contribution is 2.31. The SMILES string of the molecule is CC(C)[C@H](N)C(=O)N[C@@H](Cc1ccc(O)cc1)C(=O)NCC1CNCC12OCCO2. The van der Waals surface area contributed by atoms with E-state index in [0.717, 1.165) is 5.56 Å². The van der Waals surface area contributed by atoms with Crippen LogP contribution in [0.15, 0.2) is 24.3 Å². The van der Waals surface area contributed by atoms with Crippen molar-refractivity contribution in [2.45, 2.75) is 38.1 Å². The van der Waals surface area contributed by atoms with Gasteiger partial charge in [-0.3, -0.25) is 9.59 Å². The average molecular weight is 421 g/mol. The monoisotopic (exact) mass is 420 g/mol. The smallest absolute Gasteiger partial charge is 0.242 e. The van der Waals surface area contributed by atoms with Gasteiger partial charge in [0.15, 0.2) is 5.79 Å². The number of hydrogen-bond acceptors (Lipinski definition) is 7. The van der Waals surface area contributed by atoms with Crippen molar-refractivity contribution in [2.75, 3.05) is 32.8 Å². The van der Waals surface area contributed by atoms with Gasteiger partial charge in [-0.15, -0.1) is 0 Å². The summed E-state index contributed by atoms with van der Waals surface area (Å²) in [6.07, 6.45) is 0.281. The summed E-state index contributed by atoms with van der Waals surface area (Å²) in [6.45, 7) is 6.42. The largest absolute Gasteiger partial charge is 0.508 e. The van der Waals surface area contributed by atoms with Gasteiger partial charge >= 0.3 is 0 Å². The number of carbonyl (C=O) groups is 2. The predicted octanol–water partition coefficient (Wildman–Crippen LogP) is -0.518. The first-order valence-corrected chi connectivity index (χ1v) is 10.4. The Morgan fingerprint density at radius 3 is 2.53 bits per heavy atom. The first-order valence-electron chi connectivity index (χ1n) is 10.4. The Morgan fingerprint density at radius 1 is 1.23 bits per heavy atom. The van der Waals surface area contributed by atoms with Gasteiger partial charge in [-0.25, -0.2) is 0 Å². The molecule has 1 aromatic rings. The number of carbonyl (C=O) groups excluding carboxylic acids is 2. The van der Waals surface area contributed by atoms with E-state index in [-0.39, 0.29) is 35.8 Å². The maximum absolute atomic E-state index is 13.0. The van der Waals surface area contributed by atoms with Gasteiger partial charge in [0.2, 0.25) is 11.8 Å². The molecule has 6 N–H and O–H groups in total. The molecule has 3 rings (SSSR count). The summed E-state index contributed by atoms with van der Waals surface area (Å²) in [7, 11) is 0. The zero-order valence-electron chi connectivity index (χ0n) is 17.5. The van der Waals surface area contributed by atoms with Crippen LogP contribution in [0.1, 0.15) is 19.4 Å². The Kier molecular flexibility index (Phi) is 7.30. The van der Waals surface area contributed by atoms with Gasteiger partial charge in [-0.2, -0.15) is 0 Å². The molecule has 0 aromatic heterocycles. The van der Waals surface area contributed by atoms with Gasteiger partial charge in [-0.1, -0.05) is 26.0 Å². The number of benzene rings is 1. The normalized spacial score (nSPS) is 22.2. The average Bonchev–Trinajstić information content (AvgIpc) is 3.36. The Labute approximate surface area is 176 Å². The third kappa shape index (κ3) is 5.28. The van der Waals surface area contributed by atoms with Crippen molar-refractivity contribution >= 4 is 11.8 Å². The number of ether oxygens (including phenoxy) is 2. The summed E-state index contributed by atoms with van der Waals surface area (Å²) < 4.78 is 11.6. The maximum atomic E-state index is 13.0. The third-order valence-electron chi connectivity index (χ3n) is 5.71. The van der Waals surface area contributed by atoms with E-state index in [4.69, 9.17) is 15.2 Å². The molecule has 2 aliphatic rings. The number of aromatic hydroxyl groups is 1. The molecule has 2 fully saturated rings. The fourth-order valence-corrected chi connectivity index (χ4v) is 3.75. The van der Waals surface area contributed by atoms with Gasteiger partial charge in [0.25, 0.3) is 0 Å². The Bertz CT molecular complexity index is 728. The highest BCUT2D eigenvalue weighted by Gasteiger charge is 2.48. The van der Waals surface area contributed by atoms with Gasteiger partial charge in [-0.05, 0) is 23.6 Å². The van der Waals surface area contributed by atoms with Gasteiger partial charge < -0.3 is 36.3 Å². The molecule has 2 amide bonds. The second-order valence-electron chi connectivity index (χ2n) is 8.28. The van der Waals surface area contributed by atoms with E-state index in [0.29, 0.717) is 32.8 Å².